The van der Waals surface area contributed by atoms with Crippen molar-refractivity contribution in [3.63, 3.8) is 0 Å². The van der Waals surface area contributed by atoms with E-state index in [9.17, 15) is 18.8 Å². The first-order valence-corrected chi connectivity index (χ1v) is 7.89. The number of benzene rings is 1. The van der Waals surface area contributed by atoms with Crippen molar-refractivity contribution in [1.29, 1.82) is 0 Å². The van der Waals surface area contributed by atoms with Crippen LogP contribution in [-0.4, -0.2) is 28.6 Å². The summed E-state index contributed by atoms with van der Waals surface area (Å²) in [6.45, 7) is 6.31. The minimum Gasteiger partial charge on any atom is -0.454 e. The van der Waals surface area contributed by atoms with Crippen molar-refractivity contribution in [2.45, 2.75) is 40.2 Å². The predicted molar refractivity (Wildman–Crippen MR) is 90.3 cm³/mol. The molecular weight excluding hydrogens is 325 g/mol. The SMILES string of the molecule is CC(=O)c1c(C)[nH]c(C(=O)[C@H](C)OC(=O)Cc2ccc(F)cc2)c1C. The molecule has 1 N–H and O–H groups in total. The second-order valence-corrected chi connectivity index (χ2v) is 5.98. The molecule has 0 saturated heterocycles. The predicted octanol–water partition coefficient (Wildman–Crippen LogP) is 3.33. The summed E-state index contributed by atoms with van der Waals surface area (Å²) < 4.78 is 18.0. The van der Waals surface area contributed by atoms with Gasteiger partial charge in [-0.2, -0.15) is 0 Å². The second kappa shape index (κ2) is 7.42. The van der Waals surface area contributed by atoms with Gasteiger partial charge in [0.15, 0.2) is 11.9 Å². The van der Waals surface area contributed by atoms with E-state index in [1.54, 1.807) is 13.8 Å². The van der Waals surface area contributed by atoms with Gasteiger partial charge in [-0.1, -0.05) is 12.1 Å². The van der Waals surface area contributed by atoms with Crippen molar-refractivity contribution in [1.82, 2.24) is 4.98 Å². The summed E-state index contributed by atoms with van der Waals surface area (Å²) in [7, 11) is 0. The maximum absolute atomic E-state index is 12.9. The summed E-state index contributed by atoms with van der Waals surface area (Å²) in [4.78, 5) is 39.0. The first-order valence-electron chi connectivity index (χ1n) is 7.89. The first kappa shape index (κ1) is 18.6. The Morgan fingerprint density at radius 2 is 1.76 bits per heavy atom. The van der Waals surface area contributed by atoms with Crippen molar-refractivity contribution in [2.75, 3.05) is 0 Å². The molecule has 0 fully saturated rings. The number of hydrogen-bond acceptors (Lipinski definition) is 4. The average molecular weight is 345 g/mol. The molecule has 0 spiro atoms. The fourth-order valence-corrected chi connectivity index (χ4v) is 2.79. The number of rotatable bonds is 6. The molecule has 0 bridgehead atoms. The average Bonchev–Trinajstić information content (AvgIpc) is 2.83. The standard InChI is InChI=1S/C19H20FNO4/c1-10-17(12(3)22)11(2)21-18(10)19(24)13(4)25-16(23)9-14-5-7-15(20)8-6-14/h5-8,13,21H,9H2,1-4H3/t13-/m0/s1. The molecule has 0 saturated carbocycles. The number of H-pyrrole nitrogens is 1. The molecule has 25 heavy (non-hydrogen) atoms. The highest BCUT2D eigenvalue weighted by Crippen LogP contribution is 2.20. The van der Waals surface area contributed by atoms with Crippen LogP contribution in [-0.2, 0) is 16.0 Å². The molecule has 1 aromatic carbocycles. The third-order valence-electron chi connectivity index (χ3n) is 3.98. The van der Waals surface area contributed by atoms with Crippen LogP contribution < -0.4 is 0 Å². The molecule has 0 unspecified atom stereocenters. The number of halogens is 1. The molecular formula is C19H20FNO4. The van der Waals surface area contributed by atoms with Crippen LogP contribution >= 0.6 is 0 Å². The fraction of sp³-hybridized carbons (Fsp3) is 0.316. The van der Waals surface area contributed by atoms with Gasteiger partial charge in [-0.15, -0.1) is 0 Å². The van der Waals surface area contributed by atoms with Crippen molar-refractivity contribution < 1.29 is 23.5 Å². The molecule has 2 rings (SSSR count). The van der Waals surface area contributed by atoms with E-state index in [0.29, 0.717) is 22.4 Å². The Balaban J connectivity index is 2.07. The van der Waals surface area contributed by atoms with Crippen LogP contribution in [0.25, 0.3) is 0 Å². The summed E-state index contributed by atoms with van der Waals surface area (Å²) in [6, 6.07) is 5.48. The number of aryl methyl sites for hydroxylation is 1. The summed E-state index contributed by atoms with van der Waals surface area (Å²) in [6.07, 6.45) is -1.05. The van der Waals surface area contributed by atoms with Gasteiger partial charge in [-0.25, -0.2) is 4.39 Å². The van der Waals surface area contributed by atoms with E-state index in [1.165, 1.54) is 38.1 Å². The van der Waals surface area contributed by atoms with E-state index in [4.69, 9.17) is 4.74 Å². The summed E-state index contributed by atoms with van der Waals surface area (Å²) >= 11 is 0. The first-order chi connectivity index (χ1) is 11.7. The molecule has 1 heterocycles. The molecule has 0 aliphatic heterocycles. The zero-order chi connectivity index (χ0) is 18.7. The lowest BCUT2D eigenvalue weighted by molar-refractivity contribution is -0.145. The van der Waals surface area contributed by atoms with Gasteiger partial charge in [-0.3, -0.25) is 14.4 Å². The Morgan fingerprint density at radius 1 is 1.16 bits per heavy atom. The molecule has 5 nitrogen and oxygen atoms in total. The Labute approximate surface area is 145 Å². The monoisotopic (exact) mass is 345 g/mol. The van der Waals surface area contributed by atoms with Crippen molar-refractivity contribution in [3.8, 4) is 0 Å². The molecule has 0 aliphatic rings. The maximum atomic E-state index is 12.9. The maximum Gasteiger partial charge on any atom is 0.310 e. The van der Waals surface area contributed by atoms with Crippen LogP contribution in [0.1, 0.15) is 51.5 Å². The smallest absolute Gasteiger partial charge is 0.310 e. The number of carbonyl (C=O) groups is 3. The normalized spacial score (nSPS) is 11.9. The van der Waals surface area contributed by atoms with Gasteiger partial charge in [0.1, 0.15) is 5.82 Å². The highest BCUT2D eigenvalue weighted by atomic mass is 19.1. The highest BCUT2D eigenvalue weighted by molar-refractivity contribution is 6.05. The lowest BCUT2D eigenvalue weighted by Gasteiger charge is -2.12. The minimum atomic E-state index is -0.996. The second-order valence-electron chi connectivity index (χ2n) is 5.98. The molecule has 1 atom stereocenters. The molecule has 0 aliphatic carbocycles. The third kappa shape index (κ3) is 4.21. The number of aromatic nitrogens is 1. The number of ketones is 2. The Hall–Kier alpha value is -2.76. The molecule has 6 heteroatoms. The topological polar surface area (TPSA) is 76.2 Å². The minimum absolute atomic E-state index is 0.0562. The van der Waals surface area contributed by atoms with Gasteiger partial charge in [0, 0.05) is 11.3 Å². The highest BCUT2D eigenvalue weighted by Gasteiger charge is 2.25. The van der Waals surface area contributed by atoms with Crippen LogP contribution in [0, 0.1) is 19.7 Å². The number of carbonyl (C=O) groups excluding carboxylic acids is 3. The lowest BCUT2D eigenvalue weighted by Crippen LogP contribution is -2.26. The lowest BCUT2D eigenvalue weighted by atomic mass is 10.0. The number of ether oxygens (including phenoxy) is 1. The van der Waals surface area contributed by atoms with Crippen molar-refractivity contribution in [2.24, 2.45) is 0 Å². The van der Waals surface area contributed by atoms with Crippen molar-refractivity contribution in [3.05, 3.63) is 58.2 Å². The van der Waals surface area contributed by atoms with Gasteiger partial charge >= 0.3 is 5.97 Å². The van der Waals surface area contributed by atoms with Gasteiger partial charge in [0.25, 0.3) is 0 Å². The zero-order valence-corrected chi connectivity index (χ0v) is 14.6. The third-order valence-corrected chi connectivity index (χ3v) is 3.98. The van der Waals surface area contributed by atoms with E-state index < -0.39 is 17.9 Å². The number of hydrogen-bond donors (Lipinski definition) is 1. The Kier molecular flexibility index (Phi) is 5.51. The number of aromatic amines is 1. The van der Waals surface area contributed by atoms with Gasteiger partial charge < -0.3 is 9.72 Å². The van der Waals surface area contributed by atoms with E-state index >= 15 is 0 Å². The summed E-state index contributed by atoms with van der Waals surface area (Å²) in [5.41, 5.74) is 2.50. The quantitative estimate of drug-likeness (QED) is 0.643. The van der Waals surface area contributed by atoms with Crippen LogP contribution in [0.5, 0.6) is 0 Å². The van der Waals surface area contributed by atoms with E-state index in [1.807, 2.05) is 0 Å². The van der Waals surface area contributed by atoms with E-state index in [-0.39, 0.29) is 23.7 Å². The zero-order valence-electron chi connectivity index (χ0n) is 14.6. The Morgan fingerprint density at radius 3 is 2.28 bits per heavy atom. The molecule has 2 aromatic rings. The van der Waals surface area contributed by atoms with Crippen LogP contribution in [0.15, 0.2) is 24.3 Å². The van der Waals surface area contributed by atoms with Crippen LogP contribution in [0.3, 0.4) is 0 Å². The number of Topliss-reactive ketones (excluding diaryl/α,β-unsaturated/α-hetero) is 2. The largest absolute Gasteiger partial charge is 0.454 e. The van der Waals surface area contributed by atoms with Crippen molar-refractivity contribution >= 4 is 17.5 Å². The van der Waals surface area contributed by atoms with E-state index in [0.717, 1.165) is 0 Å². The van der Waals surface area contributed by atoms with Gasteiger partial charge in [-0.05, 0) is 51.0 Å². The van der Waals surface area contributed by atoms with Crippen LogP contribution in [0.2, 0.25) is 0 Å². The Bertz CT molecular complexity index is 821. The molecule has 0 radical (unpaired) electrons. The number of esters is 1. The van der Waals surface area contributed by atoms with E-state index in [2.05, 4.69) is 4.98 Å². The molecule has 132 valence electrons. The molecule has 0 amide bonds. The molecule has 1 aromatic heterocycles. The fourth-order valence-electron chi connectivity index (χ4n) is 2.79. The summed E-state index contributed by atoms with van der Waals surface area (Å²) in [5, 5.41) is 0. The number of nitrogens with one attached hydrogen (secondary N) is 1. The summed E-state index contributed by atoms with van der Waals surface area (Å²) in [5.74, 6) is -1.51. The van der Waals surface area contributed by atoms with Crippen LogP contribution in [0.4, 0.5) is 4.39 Å². The van der Waals surface area contributed by atoms with Gasteiger partial charge in [0.05, 0.1) is 12.1 Å². The van der Waals surface area contributed by atoms with Gasteiger partial charge in [0.2, 0.25) is 5.78 Å².